The predicted molar refractivity (Wildman–Crippen MR) is 76.0 cm³/mol. The summed E-state index contributed by atoms with van der Waals surface area (Å²) in [6.07, 6.45) is 0. The van der Waals surface area contributed by atoms with E-state index in [-0.39, 0.29) is 18.0 Å². The monoisotopic (exact) mass is 248 g/mol. The van der Waals surface area contributed by atoms with E-state index < -0.39 is 0 Å². The molecule has 0 heterocycles. The highest BCUT2D eigenvalue weighted by molar-refractivity contribution is 6.00. The summed E-state index contributed by atoms with van der Waals surface area (Å²) < 4.78 is 0. The van der Waals surface area contributed by atoms with E-state index in [9.17, 15) is 4.79 Å². The average Bonchev–Trinajstić information content (AvgIpc) is 2.42. The van der Waals surface area contributed by atoms with Gasteiger partial charge in [0.1, 0.15) is 0 Å². The smallest absolute Gasteiger partial charge is 0.231 e. The molecule has 0 saturated heterocycles. The maximum Gasteiger partial charge on any atom is 0.231 e. The molecule has 1 aliphatic rings. The Labute approximate surface area is 113 Å². The third-order valence-electron chi connectivity index (χ3n) is 4.00. The Kier molecular flexibility index (Phi) is 4.85. The number of hydrogen-bond donors (Lipinski definition) is 0. The highest BCUT2D eigenvalue weighted by atomic mass is 16.2. The number of amides is 1. The van der Waals surface area contributed by atoms with Gasteiger partial charge in [-0.05, 0) is 51.4 Å². The highest BCUT2D eigenvalue weighted by Gasteiger charge is 2.49. The number of carbonyl (C=O) groups excluding carboxylic acids is 1. The van der Waals surface area contributed by atoms with E-state index in [0.717, 1.165) is 17.8 Å². The van der Waals surface area contributed by atoms with Gasteiger partial charge in [-0.1, -0.05) is 27.7 Å². The highest BCUT2D eigenvalue weighted by Crippen LogP contribution is 2.52. The van der Waals surface area contributed by atoms with Gasteiger partial charge >= 0.3 is 0 Å². The molecule has 2 heteroatoms. The molecule has 0 aromatic rings. The van der Waals surface area contributed by atoms with Crippen molar-refractivity contribution in [3.8, 4) is 0 Å². The van der Waals surface area contributed by atoms with Crippen LogP contribution in [-0.4, -0.2) is 22.9 Å². The Morgan fingerprint density at radius 1 is 0.778 bits per heavy atom. The number of carbonyl (C=O) groups is 1. The van der Waals surface area contributed by atoms with E-state index >= 15 is 0 Å². The van der Waals surface area contributed by atoms with Gasteiger partial charge in [0.05, 0.1) is 5.92 Å². The molecule has 18 heavy (non-hydrogen) atoms. The summed E-state index contributed by atoms with van der Waals surface area (Å²) in [6, 6.07) is 0.457. The van der Waals surface area contributed by atoms with Crippen LogP contribution in [0.15, 0.2) is 0 Å². The fourth-order valence-corrected chi connectivity index (χ4v) is 2.73. The van der Waals surface area contributed by atoms with Crippen molar-refractivity contribution in [1.82, 2.24) is 4.90 Å². The topological polar surface area (TPSA) is 20.3 Å². The molecule has 1 aliphatic carbocycles. The number of nitrogens with zero attached hydrogens (tertiary/aromatic N) is 1. The van der Waals surface area contributed by atoms with Gasteiger partial charge in [0, 0.05) is 12.1 Å². The average molecular weight is 248 g/mol. The lowest BCUT2D eigenvalue weighted by atomic mass is 9.87. The summed E-state index contributed by atoms with van der Waals surface area (Å²) >= 11 is 0. The maximum atomic E-state index is 12.8. The lowest BCUT2D eigenvalue weighted by molar-refractivity contribution is -0.132. The predicted octanol–water partition coefficient (Wildman–Crippen LogP) is 3.60. The van der Waals surface area contributed by atoms with Crippen LogP contribution in [0.3, 0.4) is 0 Å². The van der Waals surface area contributed by atoms with Crippen molar-refractivity contribution in [2.75, 3.05) is 0 Å². The molecule has 0 aromatic heterocycles. The van der Waals surface area contributed by atoms with Crippen molar-refractivity contribution >= 4 is 5.91 Å². The first-order valence-electron chi connectivity index (χ1n) is 6.75. The van der Waals surface area contributed by atoms with Gasteiger partial charge in [0.15, 0.2) is 0 Å². The van der Waals surface area contributed by atoms with E-state index in [4.69, 9.17) is 0 Å². The normalized spacial score (nSPS) is 21.4. The molecule has 1 rings (SSSR count). The third kappa shape index (κ3) is 2.57. The molecule has 0 unspecified atom stereocenters. The van der Waals surface area contributed by atoms with Crippen LogP contribution in [0, 0.1) is 29.6 Å². The van der Waals surface area contributed by atoms with Crippen molar-refractivity contribution in [2.45, 2.75) is 67.5 Å². The van der Waals surface area contributed by atoms with Crippen LogP contribution >= 0.6 is 0 Å². The van der Waals surface area contributed by atoms with Crippen LogP contribution in [0.25, 0.3) is 0 Å². The zero-order valence-electron chi connectivity index (χ0n) is 13.0. The molecule has 0 N–H and O–H groups in total. The Bertz CT molecular complexity index is 275. The minimum absolute atomic E-state index is 0.172. The van der Waals surface area contributed by atoms with Gasteiger partial charge in [0.2, 0.25) is 5.91 Å². The van der Waals surface area contributed by atoms with Crippen LogP contribution in [0.1, 0.15) is 55.4 Å². The van der Waals surface area contributed by atoms with Crippen LogP contribution < -0.4 is 0 Å². The third-order valence-corrected chi connectivity index (χ3v) is 4.00. The minimum atomic E-state index is 0.172. The SMILES string of the molecule is C[C]1[C](C)[C](C)[C](C(=O)N(C(C)C)C(C)C)[C]1C. The molecular weight excluding hydrogens is 222 g/mol. The summed E-state index contributed by atoms with van der Waals surface area (Å²) in [6.45, 7) is 16.6. The second-order valence-corrected chi connectivity index (χ2v) is 5.77. The molecule has 0 bridgehead atoms. The second kappa shape index (κ2) is 5.63. The van der Waals surface area contributed by atoms with Crippen LogP contribution in [0.4, 0.5) is 0 Å². The molecule has 0 aromatic carbocycles. The van der Waals surface area contributed by atoms with Crippen molar-refractivity contribution in [1.29, 1.82) is 0 Å². The van der Waals surface area contributed by atoms with Gasteiger partial charge < -0.3 is 4.90 Å². The van der Waals surface area contributed by atoms with Crippen LogP contribution in [0.2, 0.25) is 0 Å². The van der Waals surface area contributed by atoms with E-state index in [1.54, 1.807) is 0 Å². The Morgan fingerprint density at radius 3 is 1.39 bits per heavy atom. The summed E-state index contributed by atoms with van der Waals surface area (Å²) in [5, 5.41) is 0. The van der Waals surface area contributed by atoms with Gasteiger partial charge in [0.25, 0.3) is 0 Å². The first kappa shape index (κ1) is 15.5. The minimum Gasteiger partial charge on any atom is -0.337 e. The Hall–Kier alpha value is -0.530. The summed E-state index contributed by atoms with van der Waals surface area (Å²) in [5.74, 6) is 5.87. The molecule has 101 valence electrons. The lowest BCUT2D eigenvalue weighted by Gasteiger charge is -2.35. The standard InChI is InChI=1S/C16H26NO/c1-9(2)17(10(3)4)16(18)15-13(7)11(5)12(6)14(15)8/h9-10H,1-8H3. The molecular formula is C16H26NO. The first-order chi connectivity index (χ1) is 8.20. The fourth-order valence-electron chi connectivity index (χ4n) is 2.73. The van der Waals surface area contributed by atoms with Crippen molar-refractivity contribution in [3.05, 3.63) is 29.6 Å². The molecule has 5 radical (unpaired) electrons. The van der Waals surface area contributed by atoms with Crippen molar-refractivity contribution < 1.29 is 4.79 Å². The van der Waals surface area contributed by atoms with Crippen molar-refractivity contribution in [2.24, 2.45) is 0 Å². The van der Waals surface area contributed by atoms with Gasteiger partial charge in [-0.3, -0.25) is 4.79 Å². The van der Waals surface area contributed by atoms with Crippen LogP contribution in [0.5, 0.6) is 0 Å². The van der Waals surface area contributed by atoms with E-state index in [1.807, 2.05) is 4.90 Å². The quantitative estimate of drug-likeness (QED) is 0.747. The molecule has 2 nitrogen and oxygen atoms in total. The van der Waals surface area contributed by atoms with Crippen molar-refractivity contribution in [3.63, 3.8) is 0 Å². The zero-order valence-corrected chi connectivity index (χ0v) is 13.0. The first-order valence-corrected chi connectivity index (χ1v) is 6.75. The molecule has 0 atom stereocenters. The molecule has 1 saturated carbocycles. The Morgan fingerprint density at radius 2 is 1.11 bits per heavy atom. The number of rotatable bonds is 3. The van der Waals surface area contributed by atoms with Gasteiger partial charge in [-0.25, -0.2) is 0 Å². The lowest BCUT2D eigenvalue weighted by Crippen LogP contribution is -2.45. The zero-order chi connectivity index (χ0) is 14.2. The van der Waals surface area contributed by atoms with E-state index in [2.05, 4.69) is 55.4 Å². The summed E-state index contributed by atoms with van der Waals surface area (Å²) in [7, 11) is 0. The van der Waals surface area contributed by atoms with Gasteiger partial charge in [-0.15, -0.1) is 0 Å². The molecule has 0 spiro atoms. The second-order valence-electron chi connectivity index (χ2n) is 5.77. The van der Waals surface area contributed by atoms with E-state index in [1.165, 1.54) is 11.8 Å². The molecule has 0 aliphatic heterocycles. The fraction of sp³-hybridized carbons (Fsp3) is 0.625. The molecule has 1 fully saturated rings. The summed E-state index contributed by atoms with van der Waals surface area (Å²) in [4.78, 5) is 14.7. The maximum absolute atomic E-state index is 12.8. The molecule has 1 amide bonds. The largest absolute Gasteiger partial charge is 0.337 e. The summed E-state index contributed by atoms with van der Waals surface area (Å²) in [5.41, 5.74) is 0. The Balaban J connectivity index is 2.96. The number of hydrogen-bond acceptors (Lipinski definition) is 1. The van der Waals surface area contributed by atoms with Gasteiger partial charge in [-0.2, -0.15) is 0 Å². The van der Waals surface area contributed by atoms with E-state index in [0.29, 0.717) is 0 Å². The van der Waals surface area contributed by atoms with Crippen LogP contribution in [-0.2, 0) is 4.79 Å².